The first kappa shape index (κ1) is 14.1. The molecule has 0 aliphatic carbocycles. The van der Waals surface area contributed by atoms with Gasteiger partial charge in [-0.3, -0.25) is 0 Å². The number of hydrogen-bond donors (Lipinski definition) is 1. The van der Waals surface area contributed by atoms with Gasteiger partial charge in [-0.1, -0.05) is 53.2 Å². The maximum Gasteiger partial charge on any atom is 0.0770 e. The highest BCUT2D eigenvalue weighted by atomic mass is 79.9. The van der Waals surface area contributed by atoms with Crippen LogP contribution >= 0.6 is 15.9 Å². The van der Waals surface area contributed by atoms with Crippen molar-refractivity contribution in [1.82, 2.24) is 5.32 Å². The molecule has 2 unspecified atom stereocenters. The molecule has 2 aromatic carbocycles. The van der Waals surface area contributed by atoms with E-state index < -0.39 is 0 Å². The Balaban J connectivity index is 2.08. The van der Waals surface area contributed by atoms with Crippen molar-refractivity contribution in [2.24, 2.45) is 0 Å². The molecule has 0 amide bonds. The first-order valence-electron chi connectivity index (χ1n) is 7.33. The van der Waals surface area contributed by atoms with Crippen LogP contribution in [0.15, 0.2) is 40.9 Å². The van der Waals surface area contributed by atoms with Gasteiger partial charge in [-0.05, 0) is 41.8 Å². The number of likely N-dealkylation sites (N-methyl/N-ethyl adjacent to an activating group) is 1. The zero-order valence-corrected chi connectivity index (χ0v) is 13.3. The van der Waals surface area contributed by atoms with Crippen LogP contribution in [-0.4, -0.2) is 19.3 Å². The highest BCUT2D eigenvalue weighted by Crippen LogP contribution is 2.34. The average molecular weight is 334 g/mol. The first-order valence-corrected chi connectivity index (χ1v) is 8.12. The fraction of sp³-hybridized carbons (Fsp3) is 0.412. The highest BCUT2D eigenvalue weighted by Gasteiger charge is 2.27. The van der Waals surface area contributed by atoms with E-state index >= 15 is 0 Å². The molecule has 0 spiro atoms. The van der Waals surface area contributed by atoms with E-state index in [1.54, 1.807) is 0 Å². The van der Waals surface area contributed by atoms with Crippen LogP contribution in [0.3, 0.4) is 0 Å². The zero-order chi connectivity index (χ0) is 13.9. The van der Waals surface area contributed by atoms with E-state index in [0.29, 0.717) is 6.10 Å². The van der Waals surface area contributed by atoms with Crippen molar-refractivity contribution in [3.8, 4) is 0 Å². The van der Waals surface area contributed by atoms with Crippen molar-refractivity contribution in [3.63, 3.8) is 0 Å². The Hall–Kier alpha value is -0.900. The second kappa shape index (κ2) is 6.25. The van der Waals surface area contributed by atoms with Crippen LogP contribution in [0.2, 0.25) is 0 Å². The van der Waals surface area contributed by atoms with Crippen molar-refractivity contribution in [1.29, 1.82) is 0 Å². The predicted molar refractivity (Wildman–Crippen MR) is 87.0 cm³/mol. The van der Waals surface area contributed by atoms with Gasteiger partial charge in [0, 0.05) is 11.1 Å². The van der Waals surface area contributed by atoms with Crippen LogP contribution < -0.4 is 5.32 Å². The summed E-state index contributed by atoms with van der Waals surface area (Å²) in [4.78, 5) is 0. The molecule has 2 atom stereocenters. The maximum absolute atomic E-state index is 5.93. The molecule has 0 bridgehead atoms. The molecule has 0 aromatic heterocycles. The third kappa shape index (κ3) is 2.62. The van der Waals surface area contributed by atoms with Crippen LogP contribution in [0.5, 0.6) is 0 Å². The van der Waals surface area contributed by atoms with Crippen molar-refractivity contribution in [2.75, 3.05) is 13.2 Å². The SMILES string of the molecule is CCNC(c1ccc(Br)c2ccccc12)C1CCCO1. The molecular weight excluding hydrogens is 314 g/mol. The number of ether oxygens (including phenoxy) is 1. The van der Waals surface area contributed by atoms with Crippen LogP contribution in [0.4, 0.5) is 0 Å². The van der Waals surface area contributed by atoms with E-state index in [2.05, 4.69) is 64.6 Å². The summed E-state index contributed by atoms with van der Waals surface area (Å²) in [6.45, 7) is 4.00. The van der Waals surface area contributed by atoms with Gasteiger partial charge >= 0.3 is 0 Å². The lowest BCUT2D eigenvalue weighted by atomic mass is 9.94. The van der Waals surface area contributed by atoms with E-state index in [4.69, 9.17) is 4.74 Å². The molecule has 1 aliphatic heterocycles. The lowest BCUT2D eigenvalue weighted by Crippen LogP contribution is -2.31. The standard InChI is InChI=1S/C17H20BrNO/c1-2-19-17(16-8-5-11-20-16)14-9-10-15(18)13-7-4-3-6-12(13)14/h3-4,6-7,9-10,16-17,19H,2,5,8,11H2,1H3. The molecule has 0 saturated carbocycles. The summed E-state index contributed by atoms with van der Waals surface area (Å²) in [6, 6.07) is 13.2. The van der Waals surface area contributed by atoms with Crippen molar-refractivity contribution >= 4 is 26.7 Å². The second-order valence-corrected chi connectivity index (χ2v) is 6.12. The lowest BCUT2D eigenvalue weighted by Gasteiger charge is -2.26. The zero-order valence-electron chi connectivity index (χ0n) is 11.7. The number of benzene rings is 2. The van der Waals surface area contributed by atoms with E-state index in [0.717, 1.165) is 24.0 Å². The topological polar surface area (TPSA) is 21.3 Å². The number of nitrogens with one attached hydrogen (secondary N) is 1. The van der Waals surface area contributed by atoms with Gasteiger partial charge in [-0.25, -0.2) is 0 Å². The molecular formula is C17H20BrNO. The Morgan fingerprint density at radius 2 is 2.05 bits per heavy atom. The maximum atomic E-state index is 5.93. The van der Waals surface area contributed by atoms with Crippen LogP contribution in [-0.2, 0) is 4.74 Å². The third-order valence-electron chi connectivity index (χ3n) is 4.00. The van der Waals surface area contributed by atoms with Crippen molar-refractivity contribution in [2.45, 2.75) is 31.9 Å². The Morgan fingerprint density at radius 3 is 2.75 bits per heavy atom. The van der Waals surface area contributed by atoms with E-state index in [1.807, 2.05) is 0 Å². The van der Waals surface area contributed by atoms with Gasteiger partial charge in [0.15, 0.2) is 0 Å². The minimum atomic E-state index is 0.278. The van der Waals surface area contributed by atoms with Gasteiger partial charge in [0.05, 0.1) is 12.1 Å². The first-order chi connectivity index (χ1) is 9.81. The summed E-state index contributed by atoms with van der Waals surface area (Å²) in [5, 5.41) is 6.19. The van der Waals surface area contributed by atoms with Gasteiger partial charge in [-0.15, -0.1) is 0 Å². The minimum Gasteiger partial charge on any atom is -0.376 e. The normalized spacial score (nSPS) is 20.4. The average Bonchev–Trinajstić information content (AvgIpc) is 3.00. The van der Waals surface area contributed by atoms with Crippen LogP contribution in [0.25, 0.3) is 10.8 Å². The van der Waals surface area contributed by atoms with Gasteiger partial charge in [0.2, 0.25) is 0 Å². The third-order valence-corrected chi connectivity index (χ3v) is 4.69. The molecule has 3 heteroatoms. The summed E-state index contributed by atoms with van der Waals surface area (Å²) in [6.07, 6.45) is 2.60. The highest BCUT2D eigenvalue weighted by molar-refractivity contribution is 9.10. The number of halogens is 1. The minimum absolute atomic E-state index is 0.278. The molecule has 0 radical (unpaired) electrons. The number of rotatable bonds is 4. The predicted octanol–water partition coefficient (Wildman–Crippen LogP) is 4.43. The van der Waals surface area contributed by atoms with E-state index in [-0.39, 0.29) is 6.04 Å². The van der Waals surface area contributed by atoms with Gasteiger partial charge < -0.3 is 10.1 Å². The Kier molecular flexibility index (Phi) is 4.39. The van der Waals surface area contributed by atoms with Crippen LogP contribution in [0, 0.1) is 0 Å². The molecule has 106 valence electrons. The van der Waals surface area contributed by atoms with Crippen molar-refractivity contribution in [3.05, 3.63) is 46.4 Å². The molecule has 2 aromatic rings. The quantitative estimate of drug-likeness (QED) is 0.893. The smallest absolute Gasteiger partial charge is 0.0770 e. The summed E-state index contributed by atoms with van der Waals surface area (Å²) in [5.41, 5.74) is 1.34. The summed E-state index contributed by atoms with van der Waals surface area (Å²) in [7, 11) is 0. The summed E-state index contributed by atoms with van der Waals surface area (Å²) in [5.74, 6) is 0. The fourth-order valence-corrected chi connectivity index (χ4v) is 3.56. The van der Waals surface area contributed by atoms with E-state index in [9.17, 15) is 0 Å². The molecule has 1 fully saturated rings. The summed E-state index contributed by atoms with van der Waals surface area (Å²) < 4.78 is 7.08. The van der Waals surface area contributed by atoms with Gasteiger partial charge in [-0.2, -0.15) is 0 Å². The Bertz CT molecular complexity index is 593. The van der Waals surface area contributed by atoms with Crippen molar-refractivity contribution < 1.29 is 4.74 Å². The molecule has 1 N–H and O–H groups in total. The summed E-state index contributed by atoms with van der Waals surface area (Å²) >= 11 is 3.65. The number of hydrogen-bond acceptors (Lipinski definition) is 2. The van der Waals surface area contributed by atoms with E-state index in [1.165, 1.54) is 22.8 Å². The van der Waals surface area contributed by atoms with Crippen LogP contribution in [0.1, 0.15) is 31.4 Å². The Morgan fingerprint density at radius 1 is 1.25 bits per heavy atom. The fourth-order valence-electron chi connectivity index (χ4n) is 3.08. The van der Waals surface area contributed by atoms with Gasteiger partial charge in [0.1, 0.15) is 0 Å². The molecule has 3 rings (SSSR count). The molecule has 1 aliphatic rings. The second-order valence-electron chi connectivity index (χ2n) is 5.27. The molecule has 2 nitrogen and oxygen atoms in total. The molecule has 1 saturated heterocycles. The number of fused-ring (bicyclic) bond motifs is 1. The molecule has 1 heterocycles. The Labute approximate surface area is 128 Å². The largest absolute Gasteiger partial charge is 0.376 e. The lowest BCUT2D eigenvalue weighted by molar-refractivity contribution is 0.0792. The van der Waals surface area contributed by atoms with Gasteiger partial charge in [0.25, 0.3) is 0 Å². The monoisotopic (exact) mass is 333 g/mol. The molecule has 20 heavy (non-hydrogen) atoms.